The van der Waals surface area contributed by atoms with Crippen molar-refractivity contribution in [1.29, 1.82) is 0 Å². The summed E-state index contributed by atoms with van der Waals surface area (Å²) in [5.74, 6) is 1.49. The molecule has 0 amide bonds. The molecule has 0 radical (unpaired) electrons. The molecule has 2 atom stereocenters. The van der Waals surface area contributed by atoms with E-state index in [-0.39, 0.29) is 12.1 Å². The van der Waals surface area contributed by atoms with Crippen LogP contribution in [0.15, 0.2) is 36.7 Å². The zero-order chi connectivity index (χ0) is 17.9. The van der Waals surface area contributed by atoms with Crippen LogP contribution in [-0.4, -0.2) is 33.1 Å². The number of nitrogens with one attached hydrogen (secondary N) is 1. The molecule has 3 heterocycles. The first kappa shape index (κ1) is 17.4. The lowest BCUT2D eigenvalue weighted by Crippen LogP contribution is -2.40. The van der Waals surface area contributed by atoms with E-state index < -0.39 is 0 Å². The van der Waals surface area contributed by atoms with Crippen molar-refractivity contribution < 1.29 is 4.74 Å². The third-order valence-electron chi connectivity index (χ3n) is 4.77. The number of hydrogen-bond acceptors (Lipinski definition) is 6. The van der Waals surface area contributed by atoms with Gasteiger partial charge in [0.05, 0.1) is 12.1 Å². The van der Waals surface area contributed by atoms with E-state index in [4.69, 9.17) is 4.74 Å². The van der Waals surface area contributed by atoms with Gasteiger partial charge in [0.15, 0.2) is 0 Å². The number of aromatic nitrogens is 3. The predicted octanol–water partition coefficient (Wildman–Crippen LogP) is 4.76. The zero-order valence-corrected chi connectivity index (χ0v) is 16.0. The van der Waals surface area contributed by atoms with Gasteiger partial charge in [-0.1, -0.05) is 44.2 Å². The van der Waals surface area contributed by atoms with Crippen LogP contribution in [0.2, 0.25) is 0 Å². The number of anilines is 1. The Balaban J connectivity index is 1.64. The molecule has 5 nitrogen and oxygen atoms in total. The van der Waals surface area contributed by atoms with Crippen LogP contribution < -0.4 is 5.32 Å². The minimum atomic E-state index is 0.232. The highest BCUT2D eigenvalue weighted by molar-refractivity contribution is 7.14. The van der Waals surface area contributed by atoms with Gasteiger partial charge in [-0.25, -0.2) is 9.97 Å². The Hall–Kier alpha value is -2.05. The molecule has 3 aromatic rings. The van der Waals surface area contributed by atoms with Crippen LogP contribution >= 0.6 is 11.5 Å². The van der Waals surface area contributed by atoms with Crippen molar-refractivity contribution in [2.75, 3.05) is 11.9 Å². The summed E-state index contributed by atoms with van der Waals surface area (Å²) in [6.45, 7) is 5.34. The van der Waals surface area contributed by atoms with Gasteiger partial charge in [0.2, 0.25) is 0 Å². The third-order valence-corrected chi connectivity index (χ3v) is 5.61. The summed E-state index contributed by atoms with van der Waals surface area (Å²) >= 11 is 1.46. The quantitative estimate of drug-likeness (QED) is 0.704. The van der Waals surface area contributed by atoms with Gasteiger partial charge in [-0.3, -0.25) is 0 Å². The molecule has 0 saturated carbocycles. The van der Waals surface area contributed by atoms with Crippen molar-refractivity contribution in [3.05, 3.63) is 36.7 Å². The minimum Gasteiger partial charge on any atom is -0.376 e. The number of hydrogen-bond donors (Lipinski definition) is 1. The van der Waals surface area contributed by atoms with E-state index in [1.165, 1.54) is 11.5 Å². The maximum atomic E-state index is 6.04. The molecule has 26 heavy (non-hydrogen) atoms. The normalized spacial score (nSPS) is 20.6. The van der Waals surface area contributed by atoms with E-state index in [0.717, 1.165) is 53.2 Å². The van der Waals surface area contributed by atoms with Crippen LogP contribution in [0.5, 0.6) is 0 Å². The standard InChI is InChI=1S/C20H24N4OS/c1-13(2)11-16-15(9-6-10-25-16)23-20-19-18(21-12-22-20)17(24-26-19)14-7-4-3-5-8-14/h3-5,7-8,12-13,15-16H,6,9-11H2,1-2H3,(H,21,22,23). The molecular weight excluding hydrogens is 344 g/mol. The van der Waals surface area contributed by atoms with Gasteiger partial charge in [0.1, 0.15) is 28.1 Å². The van der Waals surface area contributed by atoms with E-state index >= 15 is 0 Å². The number of rotatable bonds is 5. The van der Waals surface area contributed by atoms with Crippen LogP contribution in [0.3, 0.4) is 0 Å². The van der Waals surface area contributed by atoms with Crippen molar-refractivity contribution in [3.8, 4) is 11.3 Å². The summed E-state index contributed by atoms with van der Waals surface area (Å²) in [7, 11) is 0. The summed E-state index contributed by atoms with van der Waals surface area (Å²) in [6, 6.07) is 10.5. The number of benzene rings is 1. The molecule has 0 bridgehead atoms. The van der Waals surface area contributed by atoms with Crippen LogP contribution in [0.4, 0.5) is 5.82 Å². The minimum absolute atomic E-state index is 0.232. The van der Waals surface area contributed by atoms with E-state index in [0.29, 0.717) is 5.92 Å². The average molecular weight is 369 g/mol. The van der Waals surface area contributed by atoms with Crippen LogP contribution in [-0.2, 0) is 4.74 Å². The number of fused-ring (bicyclic) bond motifs is 1. The molecule has 2 unspecified atom stereocenters. The molecule has 0 spiro atoms. The first-order valence-corrected chi connectivity index (χ1v) is 10.0. The van der Waals surface area contributed by atoms with E-state index in [2.05, 4.69) is 45.6 Å². The maximum absolute atomic E-state index is 6.04. The lowest BCUT2D eigenvalue weighted by atomic mass is 9.95. The molecule has 2 aromatic heterocycles. The average Bonchev–Trinajstić information content (AvgIpc) is 3.09. The van der Waals surface area contributed by atoms with Gasteiger partial charge in [-0.05, 0) is 36.7 Å². The van der Waals surface area contributed by atoms with Gasteiger partial charge < -0.3 is 10.1 Å². The maximum Gasteiger partial charge on any atom is 0.149 e. The second kappa shape index (κ2) is 7.68. The molecule has 6 heteroatoms. The van der Waals surface area contributed by atoms with E-state index in [1.54, 1.807) is 6.33 Å². The van der Waals surface area contributed by atoms with Crippen molar-refractivity contribution in [1.82, 2.24) is 14.3 Å². The van der Waals surface area contributed by atoms with E-state index in [9.17, 15) is 0 Å². The molecule has 136 valence electrons. The summed E-state index contributed by atoms with van der Waals surface area (Å²) in [4.78, 5) is 9.02. The van der Waals surface area contributed by atoms with Gasteiger partial charge in [-0.2, -0.15) is 4.37 Å². The topological polar surface area (TPSA) is 59.9 Å². The highest BCUT2D eigenvalue weighted by atomic mass is 32.1. The molecule has 0 aliphatic carbocycles. The van der Waals surface area contributed by atoms with Crippen molar-refractivity contribution in [2.24, 2.45) is 5.92 Å². The highest BCUT2D eigenvalue weighted by Gasteiger charge is 2.28. The fourth-order valence-electron chi connectivity index (χ4n) is 3.53. The summed E-state index contributed by atoms with van der Waals surface area (Å²) in [6.07, 6.45) is 5.11. The Labute approximate surface area is 158 Å². The number of ether oxygens (including phenoxy) is 1. The van der Waals surface area contributed by atoms with E-state index in [1.807, 2.05) is 18.2 Å². The fourth-order valence-corrected chi connectivity index (χ4v) is 4.34. The lowest BCUT2D eigenvalue weighted by molar-refractivity contribution is -0.00466. The molecule has 1 aliphatic heterocycles. The molecule has 1 saturated heterocycles. The Morgan fingerprint density at radius 3 is 2.88 bits per heavy atom. The Morgan fingerprint density at radius 2 is 2.08 bits per heavy atom. The van der Waals surface area contributed by atoms with Gasteiger partial charge in [0, 0.05) is 12.2 Å². The second-order valence-electron chi connectivity index (χ2n) is 7.23. The van der Waals surface area contributed by atoms with Crippen LogP contribution in [0.1, 0.15) is 33.1 Å². The molecule has 1 aromatic carbocycles. The van der Waals surface area contributed by atoms with Gasteiger partial charge >= 0.3 is 0 Å². The molecule has 1 aliphatic rings. The smallest absolute Gasteiger partial charge is 0.149 e. The van der Waals surface area contributed by atoms with Crippen molar-refractivity contribution in [2.45, 2.75) is 45.3 Å². The molecule has 1 N–H and O–H groups in total. The highest BCUT2D eigenvalue weighted by Crippen LogP contribution is 2.34. The summed E-state index contributed by atoms with van der Waals surface area (Å²) in [5, 5.41) is 3.64. The Morgan fingerprint density at radius 1 is 1.23 bits per heavy atom. The van der Waals surface area contributed by atoms with Gasteiger partial charge in [0.25, 0.3) is 0 Å². The molecule has 4 rings (SSSR count). The first-order chi connectivity index (χ1) is 12.7. The number of nitrogens with zero attached hydrogens (tertiary/aromatic N) is 3. The van der Waals surface area contributed by atoms with Crippen LogP contribution in [0, 0.1) is 5.92 Å². The SMILES string of the molecule is CC(C)CC1OCCCC1Nc1ncnc2c(-c3ccccc3)nsc12. The zero-order valence-electron chi connectivity index (χ0n) is 15.2. The third kappa shape index (κ3) is 3.57. The monoisotopic (exact) mass is 368 g/mol. The Bertz CT molecular complexity index is 865. The lowest BCUT2D eigenvalue weighted by Gasteiger charge is -2.33. The first-order valence-electron chi connectivity index (χ1n) is 9.26. The predicted molar refractivity (Wildman–Crippen MR) is 106 cm³/mol. The fraction of sp³-hybridized carbons (Fsp3) is 0.450. The summed E-state index contributed by atoms with van der Waals surface area (Å²) in [5.41, 5.74) is 2.92. The Kier molecular flexibility index (Phi) is 5.13. The van der Waals surface area contributed by atoms with Crippen molar-refractivity contribution >= 4 is 27.6 Å². The molecular formula is C20H24N4OS. The van der Waals surface area contributed by atoms with Gasteiger partial charge in [-0.15, -0.1) is 0 Å². The van der Waals surface area contributed by atoms with Crippen molar-refractivity contribution in [3.63, 3.8) is 0 Å². The summed E-state index contributed by atoms with van der Waals surface area (Å²) < 4.78 is 11.7. The second-order valence-corrected chi connectivity index (χ2v) is 8.00. The molecule has 1 fully saturated rings. The van der Waals surface area contributed by atoms with Crippen LogP contribution in [0.25, 0.3) is 21.5 Å². The largest absolute Gasteiger partial charge is 0.376 e.